The van der Waals surface area contributed by atoms with E-state index >= 15 is 0 Å². The number of carbonyl (C=O) groups is 2. The summed E-state index contributed by atoms with van der Waals surface area (Å²) in [5, 5.41) is 0.537. The Bertz CT molecular complexity index is 1210. The van der Waals surface area contributed by atoms with Crippen LogP contribution >= 0.6 is 0 Å². The van der Waals surface area contributed by atoms with Gasteiger partial charge in [0.05, 0.1) is 11.5 Å². The molecule has 0 unspecified atom stereocenters. The quantitative estimate of drug-likeness (QED) is 0.433. The Kier molecular flexibility index (Phi) is 6.38. The Balaban J connectivity index is 1.77. The lowest BCUT2D eigenvalue weighted by Crippen LogP contribution is -2.26. The van der Waals surface area contributed by atoms with E-state index in [1.54, 1.807) is 32.0 Å². The number of rotatable bonds is 8. The molecular formula is C22H23NO6S. The molecule has 8 heteroatoms. The van der Waals surface area contributed by atoms with Crippen molar-refractivity contribution >= 4 is 32.7 Å². The van der Waals surface area contributed by atoms with E-state index in [9.17, 15) is 18.0 Å². The molecule has 30 heavy (non-hydrogen) atoms. The van der Waals surface area contributed by atoms with Gasteiger partial charge < -0.3 is 9.15 Å². The molecule has 0 radical (unpaired) electrons. The molecule has 158 valence electrons. The molecule has 0 atom stereocenters. The molecule has 7 nitrogen and oxygen atoms in total. The van der Waals surface area contributed by atoms with Crippen LogP contribution in [-0.2, 0) is 21.2 Å². The molecule has 0 saturated carbocycles. The maximum Gasteiger partial charge on any atom is 0.374 e. The standard InChI is InChI=1S/C22H23NO6S/c1-4-28-22(25)21-14(2)19-13-18(8-9-20(19)29-21)30(26,27)23-11-10-16-6-5-7-17(12-16)15(3)24/h5-9,12-13,23H,4,10-11H2,1-3H3. The van der Waals surface area contributed by atoms with Crippen molar-refractivity contribution in [3.63, 3.8) is 0 Å². The Morgan fingerprint density at radius 3 is 2.60 bits per heavy atom. The van der Waals surface area contributed by atoms with E-state index in [0.29, 0.717) is 28.5 Å². The third-order valence-electron chi connectivity index (χ3n) is 4.72. The van der Waals surface area contributed by atoms with Crippen LogP contribution in [0.15, 0.2) is 51.8 Å². The van der Waals surface area contributed by atoms with Crippen molar-refractivity contribution in [1.82, 2.24) is 4.72 Å². The van der Waals surface area contributed by atoms with Gasteiger partial charge in [-0.3, -0.25) is 4.79 Å². The molecule has 0 amide bonds. The normalized spacial score (nSPS) is 11.6. The number of benzene rings is 2. The second kappa shape index (κ2) is 8.81. The number of hydrogen-bond donors (Lipinski definition) is 1. The highest BCUT2D eigenvalue weighted by Gasteiger charge is 2.21. The average Bonchev–Trinajstić information content (AvgIpc) is 3.04. The van der Waals surface area contributed by atoms with Gasteiger partial charge in [-0.05, 0) is 57.0 Å². The molecule has 0 aliphatic heterocycles. The third-order valence-corrected chi connectivity index (χ3v) is 6.18. The van der Waals surface area contributed by atoms with Gasteiger partial charge in [-0.2, -0.15) is 0 Å². The van der Waals surface area contributed by atoms with Crippen LogP contribution < -0.4 is 4.72 Å². The zero-order chi connectivity index (χ0) is 21.9. The van der Waals surface area contributed by atoms with Crippen LogP contribution in [0.3, 0.4) is 0 Å². The number of esters is 1. The molecule has 1 N–H and O–H groups in total. The van der Waals surface area contributed by atoms with Gasteiger partial charge in [-0.1, -0.05) is 18.2 Å². The number of nitrogens with one attached hydrogen (secondary N) is 1. The van der Waals surface area contributed by atoms with Crippen molar-refractivity contribution in [3.8, 4) is 0 Å². The lowest BCUT2D eigenvalue weighted by molar-refractivity contribution is 0.0491. The van der Waals surface area contributed by atoms with Gasteiger partial charge in [0.25, 0.3) is 0 Å². The summed E-state index contributed by atoms with van der Waals surface area (Å²) in [5.74, 6) is -0.551. The number of carbonyl (C=O) groups excluding carboxylic acids is 2. The van der Waals surface area contributed by atoms with E-state index in [0.717, 1.165) is 5.56 Å². The van der Waals surface area contributed by atoms with Crippen LogP contribution in [0.1, 0.15) is 45.9 Å². The maximum absolute atomic E-state index is 12.7. The lowest BCUT2D eigenvalue weighted by Gasteiger charge is -2.08. The van der Waals surface area contributed by atoms with E-state index < -0.39 is 16.0 Å². The molecule has 2 aromatic carbocycles. The van der Waals surface area contributed by atoms with Crippen LogP contribution in [0.25, 0.3) is 11.0 Å². The number of furan rings is 1. The van der Waals surface area contributed by atoms with Crippen molar-refractivity contribution in [2.75, 3.05) is 13.2 Å². The summed E-state index contributed by atoms with van der Waals surface area (Å²) in [6, 6.07) is 11.5. The second-order valence-corrected chi connectivity index (χ2v) is 8.61. The molecule has 1 heterocycles. The topological polar surface area (TPSA) is 103 Å². The van der Waals surface area contributed by atoms with Gasteiger partial charge in [0.15, 0.2) is 5.78 Å². The molecule has 0 saturated heterocycles. The highest BCUT2D eigenvalue weighted by molar-refractivity contribution is 7.89. The molecule has 0 fully saturated rings. The van der Waals surface area contributed by atoms with Gasteiger partial charge >= 0.3 is 5.97 Å². The summed E-state index contributed by atoms with van der Waals surface area (Å²) < 4.78 is 38.5. The number of fused-ring (bicyclic) bond motifs is 1. The predicted octanol–water partition coefficient (Wildman–Crippen LogP) is 3.64. The summed E-state index contributed by atoms with van der Waals surface area (Å²) >= 11 is 0. The van der Waals surface area contributed by atoms with E-state index in [1.165, 1.54) is 25.1 Å². The fourth-order valence-electron chi connectivity index (χ4n) is 3.12. The largest absolute Gasteiger partial charge is 0.460 e. The molecule has 0 aliphatic rings. The van der Waals surface area contributed by atoms with Crippen LogP contribution in [0.4, 0.5) is 0 Å². The number of hydrogen-bond acceptors (Lipinski definition) is 6. The van der Waals surface area contributed by atoms with Crippen LogP contribution in [0, 0.1) is 6.92 Å². The molecule has 0 spiro atoms. The van der Waals surface area contributed by atoms with E-state index in [-0.39, 0.29) is 29.6 Å². The summed E-state index contributed by atoms with van der Waals surface area (Å²) in [5.41, 5.74) is 2.40. The number of ketones is 1. The third kappa shape index (κ3) is 4.60. The first-order chi connectivity index (χ1) is 14.2. The molecular weight excluding hydrogens is 406 g/mol. The van der Waals surface area contributed by atoms with Gasteiger partial charge in [-0.15, -0.1) is 0 Å². The fourth-order valence-corrected chi connectivity index (χ4v) is 4.18. The second-order valence-electron chi connectivity index (χ2n) is 6.84. The smallest absolute Gasteiger partial charge is 0.374 e. The molecule has 0 aliphatic carbocycles. The summed E-state index contributed by atoms with van der Waals surface area (Å²) in [6.07, 6.45) is 0.445. The van der Waals surface area contributed by atoms with E-state index in [1.807, 2.05) is 6.07 Å². The molecule has 3 aromatic rings. The van der Waals surface area contributed by atoms with Gasteiger partial charge in [0.1, 0.15) is 5.58 Å². The number of aryl methyl sites for hydroxylation is 1. The minimum Gasteiger partial charge on any atom is -0.460 e. The Morgan fingerprint density at radius 1 is 1.13 bits per heavy atom. The zero-order valence-corrected chi connectivity index (χ0v) is 17.8. The van der Waals surface area contributed by atoms with Crippen LogP contribution in [0.2, 0.25) is 0 Å². The SMILES string of the molecule is CCOC(=O)c1oc2ccc(S(=O)(=O)NCCc3cccc(C(C)=O)c3)cc2c1C. The lowest BCUT2D eigenvalue weighted by atomic mass is 10.1. The highest BCUT2D eigenvalue weighted by atomic mass is 32.2. The molecule has 3 rings (SSSR count). The Morgan fingerprint density at radius 2 is 1.90 bits per heavy atom. The summed E-state index contributed by atoms with van der Waals surface area (Å²) in [7, 11) is -3.76. The van der Waals surface area contributed by atoms with Crippen molar-refractivity contribution in [3.05, 3.63) is 64.9 Å². The number of sulfonamides is 1. The first-order valence-corrected chi connectivity index (χ1v) is 11.0. The summed E-state index contributed by atoms with van der Waals surface area (Å²) in [6.45, 7) is 5.27. The van der Waals surface area contributed by atoms with Crippen LogP contribution in [-0.4, -0.2) is 33.3 Å². The Labute approximate surface area is 175 Å². The van der Waals surface area contributed by atoms with Gasteiger partial charge in [0, 0.05) is 23.1 Å². The van der Waals surface area contributed by atoms with Gasteiger partial charge in [0.2, 0.25) is 15.8 Å². The summed E-state index contributed by atoms with van der Waals surface area (Å²) in [4.78, 5) is 23.5. The first-order valence-electron chi connectivity index (χ1n) is 9.52. The van der Waals surface area contributed by atoms with E-state index in [2.05, 4.69) is 4.72 Å². The molecule has 1 aromatic heterocycles. The van der Waals surface area contributed by atoms with Crippen molar-refractivity contribution in [2.24, 2.45) is 0 Å². The fraction of sp³-hybridized carbons (Fsp3) is 0.273. The first kappa shape index (κ1) is 21.7. The van der Waals surface area contributed by atoms with Crippen molar-refractivity contribution < 1.29 is 27.2 Å². The maximum atomic E-state index is 12.7. The average molecular weight is 429 g/mol. The zero-order valence-electron chi connectivity index (χ0n) is 17.0. The monoisotopic (exact) mass is 429 g/mol. The van der Waals surface area contributed by atoms with E-state index in [4.69, 9.17) is 9.15 Å². The van der Waals surface area contributed by atoms with Crippen LogP contribution in [0.5, 0.6) is 0 Å². The molecule has 0 bridgehead atoms. The number of ether oxygens (including phenoxy) is 1. The van der Waals surface area contributed by atoms with Crippen molar-refractivity contribution in [2.45, 2.75) is 32.1 Å². The number of Topliss-reactive ketones (excluding diaryl/α,β-unsaturated/α-hetero) is 1. The minimum atomic E-state index is -3.76. The van der Waals surface area contributed by atoms with Crippen molar-refractivity contribution in [1.29, 1.82) is 0 Å². The van der Waals surface area contributed by atoms with Gasteiger partial charge in [-0.25, -0.2) is 17.9 Å². The predicted molar refractivity (Wildman–Crippen MR) is 112 cm³/mol. The Hall–Kier alpha value is -2.97. The highest BCUT2D eigenvalue weighted by Crippen LogP contribution is 2.28. The minimum absolute atomic E-state index is 0.0385.